The molecule has 5 aromatic rings. The molecule has 0 aliphatic carbocycles. The number of benzene rings is 3. The lowest BCUT2D eigenvalue weighted by atomic mass is 10.0. The smallest absolute Gasteiger partial charge is 0.310 e. The van der Waals surface area contributed by atoms with Crippen LogP contribution in [0.15, 0.2) is 102 Å². The van der Waals surface area contributed by atoms with Crippen molar-refractivity contribution in [3.63, 3.8) is 0 Å². The van der Waals surface area contributed by atoms with Gasteiger partial charge in [0.2, 0.25) is 0 Å². The molecule has 0 radical (unpaired) electrons. The van der Waals surface area contributed by atoms with Gasteiger partial charge in [-0.05, 0) is 43.7 Å². The van der Waals surface area contributed by atoms with E-state index in [1.807, 2.05) is 91.2 Å². The number of rotatable bonds is 6. The molecule has 0 aliphatic heterocycles. The van der Waals surface area contributed by atoms with E-state index in [0.717, 1.165) is 45.9 Å². The highest BCUT2D eigenvalue weighted by molar-refractivity contribution is 6.13. The van der Waals surface area contributed by atoms with E-state index in [4.69, 9.17) is 15.0 Å². The van der Waals surface area contributed by atoms with E-state index in [0.29, 0.717) is 17.9 Å². The van der Waals surface area contributed by atoms with Crippen LogP contribution in [0.25, 0.3) is 11.2 Å². The lowest BCUT2D eigenvalue weighted by molar-refractivity contribution is -0.137. The fourth-order valence-corrected chi connectivity index (χ4v) is 4.34. The Labute approximate surface area is 213 Å². The average molecular weight is 499 g/mol. The van der Waals surface area contributed by atoms with Crippen LogP contribution >= 0.6 is 0 Å². The Morgan fingerprint density at radius 2 is 1.38 bits per heavy atom. The van der Waals surface area contributed by atoms with Crippen molar-refractivity contribution in [2.45, 2.75) is 32.5 Å². The summed E-state index contributed by atoms with van der Waals surface area (Å²) in [5.74, 6) is 1.29. The van der Waals surface area contributed by atoms with Crippen molar-refractivity contribution in [2.75, 3.05) is 0 Å². The van der Waals surface area contributed by atoms with Gasteiger partial charge < -0.3 is 4.57 Å². The third-order valence-corrected chi connectivity index (χ3v) is 6.08. The van der Waals surface area contributed by atoms with Gasteiger partial charge in [0, 0.05) is 23.6 Å². The van der Waals surface area contributed by atoms with E-state index >= 15 is 0 Å². The van der Waals surface area contributed by atoms with Gasteiger partial charge in [-0.25, -0.2) is 15.0 Å². The number of aliphatic imine (C=N–C) groups is 1. The highest BCUT2D eigenvalue weighted by Gasteiger charge is 2.30. The van der Waals surface area contributed by atoms with Crippen LogP contribution in [0.5, 0.6) is 0 Å². The van der Waals surface area contributed by atoms with Gasteiger partial charge in [0.1, 0.15) is 11.3 Å². The zero-order valence-corrected chi connectivity index (χ0v) is 20.4. The van der Waals surface area contributed by atoms with Crippen LogP contribution in [0.4, 0.5) is 19.0 Å². The molecular formula is C30H25F3N4. The maximum atomic E-state index is 13.0. The Hall–Kier alpha value is -4.26. The van der Waals surface area contributed by atoms with Crippen molar-refractivity contribution in [2.24, 2.45) is 4.99 Å². The summed E-state index contributed by atoms with van der Waals surface area (Å²) >= 11 is 0. The molecule has 0 bridgehead atoms. The van der Waals surface area contributed by atoms with Crippen LogP contribution in [-0.4, -0.2) is 20.2 Å². The highest BCUT2D eigenvalue weighted by Crippen LogP contribution is 2.30. The third-order valence-electron chi connectivity index (χ3n) is 6.08. The molecule has 2 aromatic heterocycles. The second-order valence-corrected chi connectivity index (χ2v) is 9.07. The molecule has 0 atom stereocenters. The van der Waals surface area contributed by atoms with Gasteiger partial charge in [-0.3, -0.25) is 0 Å². The number of hydrogen-bond donors (Lipinski definition) is 0. The van der Waals surface area contributed by atoms with Gasteiger partial charge in [0.25, 0.3) is 0 Å². The lowest BCUT2D eigenvalue weighted by Gasteiger charge is -2.13. The molecule has 0 aliphatic rings. The molecule has 2 heterocycles. The first kappa shape index (κ1) is 24.4. The second kappa shape index (κ2) is 10.0. The van der Waals surface area contributed by atoms with Crippen molar-refractivity contribution in [3.8, 4) is 0 Å². The molecule has 5 rings (SSSR count). The first-order valence-corrected chi connectivity index (χ1v) is 12.0. The number of nitrogens with zero attached hydrogens (tertiary/aromatic N) is 4. The van der Waals surface area contributed by atoms with Gasteiger partial charge in [0.15, 0.2) is 11.5 Å². The number of alkyl halides is 3. The molecule has 7 heteroatoms. The summed E-state index contributed by atoms with van der Waals surface area (Å²) in [4.78, 5) is 14.6. The molecule has 0 fully saturated rings. The van der Waals surface area contributed by atoms with Crippen LogP contribution in [0.1, 0.15) is 48.0 Å². The Bertz CT molecular complexity index is 1490. The molecule has 186 valence electrons. The maximum absolute atomic E-state index is 13.0. The molecule has 0 unspecified atom stereocenters. The van der Waals surface area contributed by atoms with Crippen LogP contribution in [0.2, 0.25) is 0 Å². The first-order valence-electron chi connectivity index (χ1n) is 12.0. The van der Waals surface area contributed by atoms with E-state index in [1.165, 1.54) is 12.1 Å². The summed E-state index contributed by atoms with van der Waals surface area (Å²) in [6.07, 6.45) is -3.96. The van der Waals surface area contributed by atoms with Crippen molar-refractivity contribution in [1.29, 1.82) is 0 Å². The van der Waals surface area contributed by atoms with Crippen molar-refractivity contribution >= 4 is 22.7 Å². The first-order chi connectivity index (χ1) is 17.8. The van der Waals surface area contributed by atoms with Crippen LogP contribution in [-0.2, 0) is 12.6 Å². The molecular weight excluding hydrogens is 473 g/mol. The van der Waals surface area contributed by atoms with E-state index in [2.05, 4.69) is 0 Å². The Balaban J connectivity index is 1.56. The van der Waals surface area contributed by atoms with Crippen molar-refractivity contribution in [1.82, 2.24) is 14.5 Å². The number of aromatic nitrogens is 3. The fourth-order valence-electron chi connectivity index (χ4n) is 4.34. The van der Waals surface area contributed by atoms with E-state index in [-0.39, 0.29) is 6.04 Å². The summed E-state index contributed by atoms with van der Waals surface area (Å²) in [5.41, 5.74) is 4.28. The largest absolute Gasteiger partial charge is 0.416 e. The minimum absolute atomic E-state index is 0.0453. The highest BCUT2D eigenvalue weighted by atomic mass is 19.4. The number of hydrogen-bond acceptors (Lipinski definition) is 3. The maximum Gasteiger partial charge on any atom is 0.416 e. The number of pyridine rings is 1. The zero-order valence-electron chi connectivity index (χ0n) is 20.4. The summed E-state index contributed by atoms with van der Waals surface area (Å²) in [6, 6.07) is 28.9. The summed E-state index contributed by atoms with van der Waals surface area (Å²) in [7, 11) is 0. The van der Waals surface area contributed by atoms with Crippen LogP contribution < -0.4 is 0 Å². The summed E-state index contributed by atoms with van der Waals surface area (Å²) in [5, 5.41) is 0. The van der Waals surface area contributed by atoms with Crippen molar-refractivity contribution in [3.05, 3.63) is 125 Å². The third kappa shape index (κ3) is 5.31. The average Bonchev–Trinajstić information content (AvgIpc) is 3.25. The predicted molar refractivity (Wildman–Crippen MR) is 140 cm³/mol. The fraction of sp³-hybridized carbons (Fsp3) is 0.167. The van der Waals surface area contributed by atoms with Gasteiger partial charge in [-0.2, -0.15) is 13.2 Å². The quantitative estimate of drug-likeness (QED) is 0.224. The Morgan fingerprint density at radius 1 is 0.784 bits per heavy atom. The zero-order chi connectivity index (χ0) is 26.0. The normalized spacial score (nSPS) is 11.7. The minimum atomic E-state index is -4.36. The minimum Gasteiger partial charge on any atom is -0.310 e. The molecule has 4 nitrogen and oxygen atoms in total. The SMILES string of the molecule is CC(C)n1c(Cc2ccc(C(F)(F)F)cc2)nc2ccc(N=C(c3ccccc3)c3ccccc3)nc21. The molecule has 3 aromatic carbocycles. The summed E-state index contributed by atoms with van der Waals surface area (Å²) in [6.45, 7) is 4.07. The van der Waals surface area contributed by atoms with Crippen LogP contribution in [0, 0.1) is 0 Å². The molecule has 0 saturated heterocycles. The summed E-state index contributed by atoms with van der Waals surface area (Å²) < 4.78 is 40.9. The monoisotopic (exact) mass is 498 g/mol. The van der Waals surface area contributed by atoms with E-state index in [1.54, 1.807) is 0 Å². The Morgan fingerprint density at radius 3 is 1.92 bits per heavy atom. The van der Waals surface area contributed by atoms with Gasteiger partial charge in [-0.15, -0.1) is 0 Å². The standard InChI is InChI=1S/C30H25F3N4/c1-20(2)37-27(19-21-13-15-24(16-14-21)30(31,32)33)34-25-17-18-26(36-29(25)37)35-28(22-9-5-3-6-10-22)23-11-7-4-8-12-23/h3-18,20H,19H2,1-2H3. The molecule has 0 spiro atoms. The van der Waals surface area contributed by atoms with E-state index in [9.17, 15) is 13.2 Å². The molecule has 0 saturated carbocycles. The van der Waals surface area contributed by atoms with Gasteiger partial charge in [0.05, 0.1) is 11.3 Å². The second-order valence-electron chi connectivity index (χ2n) is 9.07. The van der Waals surface area contributed by atoms with Gasteiger partial charge >= 0.3 is 6.18 Å². The molecule has 0 amide bonds. The van der Waals surface area contributed by atoms with Crippen molar-refractivity contribution < 1.29 is 13.2 Å². The van der Waals surface area contributed by atoms with Crippen LogP contribution in [0.3, 0.4) is 0 Å². The van der Waals surface area contributed by atoms with Gasteiger partial charge in [-0.1, -0.05) is 72.8 Å². The Kier molecular flexibility index (Phi) is 6.61. The number of fused-ring (bicyclic) bond motifs is 1. The number of halogens is 3. The van der Waals surface area contributed by atoms with E-state index < -0.39 is 11.7 Å². The molecule has 0 N–H and O–H groups in total. The predicted octanol–water partition coefficient (Wildman–Crippen LogP) is 7.79. The molecule has 37 heavy (non-hydrogen) atoms. The lowest BCUT2D eigenvalue weighted by Crippen LogP contribution is -2.08. The number of imidazole rings is 1. The topological polar surface area (TPSA) is 43.1 Å².